The summed E-state index contributed by atoms with van der Waals surface area (Å²) in [6, 6.07) is 14.7. The van der Waals surface area contributed by atoms with Crippen molar-refractivity contribution in [1.29, 1.82) is 0 Å². The Morgan fingerprint density at radius 1 is 1.10 bits per heavy atom. The van der Waals surface area contributed by atoms with Crippen LogP contribution >= 0.6 is 11.3 Å². The Kier molecular flexibility index (Phi) is 6.98. The smallest absolute Gasteiger partial charge is 0.237 e. The highest BCUT2D eigenvalue weighted by Gasteiger charge is 2.37. The van der Waals surface area contributed by atoms with Gasteiger partial charge in [0.2, 0.25) is 5.91 Å². The lowest BCUT2D eigenvalue weighted by Gasteiger charge is -2.27. The topological polar surface area (TPSA) is 47.0 Å². The molecule has 5 nitrogen and oxygen atoms in total. The van der Waals surface area contributed by atoms with Crippen molar-refractivity contribution in [2.24, 2.45) is 0 Å². The van der Waals surface area contributed by atoms with Crippen LogP contribution in [-0.4, -0.2) is 77.1 Å². The number of carbonyl (C=O) groups is 1. The largest absolute Gasteiger partial charge is 0.390 e. The number of hydrogen-bond donors (Lipinski definition) is 1. The summed E-state index contributed by atoms with van der Waals surface area (Å²) in [6.45, 7) is 5.30. The molecule has 1 aromatic carbocycles. The molecule has 0 saturated carbocycles. The van der Waals surface area contributed by atoms with E-state index in [0.717, 1.165) is 26.1 Å². The summed E-state index contributed by atoms with van der Waals surface area (Å²) in [5, 5.41) is 12.6. The van der Waals surface area contributed by atoms with Gasteiger partial charge in [-0.15, -0.1) is 11.3 Å². The average molecular weight is 414 g/mol. The molecule has 29 heavy (non-hydrogen) atoms. The van der Waals surface area contributed by atoms with Crippen molar-refractivity contribution in [1.82, 2.24) is 14.7 Å². The molecule has 0 spiro atoms. The van der Waals surface area contributed by atoms with Gasteiger partial charge in [-0.05, 0) is 49.4 Å². The van der Waals surface area contributed by atoms with Crippen molar-refractivity contribution in [3.05, 3.63) is 58.3 Å². The fraction of sp³-hybridized carbons (Fsp3) is 0.522. The van der Waals surface area contributed by atoms with E-state index in [2.05, 4.69) is 33.4 Å². The van der Waals surface area contributed by atoms with E-state index >= 15 is 0 Å². The van der Waals surface area contributed by atoms with E-state index in [1.807, 2.05) is 29.2 Å². The van der Waals surface area contributed by atoms with Crippen molar-refractivity contribution in [2.45, 2.75) is 38.0 Å². The predicted octanol–water partition coefficient (Wildman–Crippen LogP) is 2.46. The fourth-order valence-electron chi connectivity index (χ4n) is 4.49. The maximum absolute atomic E-state index is 13.2. The summed E-state index contributed by atoms with van der Waals surface area (Å²) in [7, 11) is 0. The van der Waals surface area contributed by atoms with Crippen LogP contribution in [-0.2, 0) is 17.8 Å². The molecule has 1 aromatic heterocycles. The van der Waals surface area contributed by atoms with E-state index in [9.17, 15) is 9.90 Å². The average Bonchev–Trinajstić information content (AvgIpc) is 3.48. The second-order valence-electron chi connectivity index (χ2n) is 8.20. The fourth-order valence-corrected chi connectivity index (χ4v) is 5.21. The highest BCUT2D eigenvalue weighted by molar-refractivity contribution is 7.09. The van der Waals surface area contributed by atoms with E-state index in [4.69, 9.17) is 0 Å². The number of amides is 1. The van der Waals surface area contributed by atoms with Crippen molar-refractivity contribution in [3.63, 3.8) is 0 Å². The molecule has 2 atom stereocenters. The third-order valence-electron chi connectivity index (χ3n) is 6.10. The Hall–Kier alpha value is -1.73. The Labute approximate surface area is 177 Å². The zero-order chi connectivity index (χ0) is 20.1. The number of thiophene rings is 1. The lowest BCUT2D eigenvalue weighted by Crippen LogP contribution is -2.42. The molecule has 2 aromatic rings. The van der Waals surface area contributed by atoms with E-state index in [1.165, 1.54) is 23.3 Å². The number of rotatable bonds is 8. The normalized spacial score (nSPS) is 22.9. The lowest BCUT2D eigenvalue weighted by atomic mass is 10.1. The second-order valence-corrected chi connectivity index (χ2v) is 9.23. The molecule has 156 valence electrons. The van der Waals surface area contributed by atoms with Crippen molar-refractivity contribution in [3.8, 4) is 0 Å². The number of aliphatic hydroxyl groups excluding tert-OH is 1. The molecular formula is C23H31N3O2S. The number of benzene rings is 1. The van der Waals surface area contributed by atoms with Gasteiger partial charge in [-0.2, -0.15) is 0 Å². The quantitative estimate of drug-likeness (QED) is 0.722. The highest BCUT2D eigenvalue weighted by Crippen LogP contribution is 2.21. The minimum Gasteiger partial charge on any atom is -0.390 e. The number of β-amino-alcohol motifs (C(OH)–C–C–N with tert-alkyl or cyclic N) is 1. The van der Waals surface area contributed by atoms with Gasteiger partial charge in [-0.25, -0.2) is 0 Å². The van der Waals surface area contributed by atoms with Crippen LogP contribution in [0.4, 0.5) is 0 Å². The first kappa shape index (κ1) is 20.5. The van der Waals surface area contributed by atoms with Crippen LogP contribution in [0.2, 0.25) is 0 Å². The summed E-state index contributed by atoms with van der Waals surface area (Å²) in [5.74, 6) is 0.156. The molecule has 4 rings (SSSR count). The molecule has 1 N–H and O–H groups in total. The number of aliphatic hydroxyl groups is 1. The first-order valence-corrected chi connectivity index (χ1v) is 11.6. The van der Waals surface area contributed by atoms with Crippen LogP contribution in [0.3, 0.4) is 0 Å². The number of hydrogen-bond acceptors (Lipinski definition) is 5. The molecular weight excluding hydrogens is 382 g/mol. The molecule has 2 fully saturated rings. The number of carbonyl (C=O) groups excluding carboxylic acids is 1. The Balaban J connectivity index is 1.36. The van der Waals surface area contributed by atoms with E-state index in [-0.39, 0.29) is 18.1 Å². The Bertz CT molecular complexity index is 762. The molecule has 3 heterocycles. The van der Waals surface area contributed by atoms with E-state index < -0.39 is 0 Å². The van der Waals surface area contributed by atoms with E-state index in [1.54, 1.807) is 11.3 Å². The van der Waals surface area contributed by atoms with Gasteiger partial charge in [0.25, 0.3) is 0 Å². The number of likely N-dealkylation sites (tertiary alicyclic amines) is 2. The van der Waals surface area contributed by atoms with Gasteiger partial charge in [0, 0.05) is 30.6 Å². The molecule has 2 aliphatic heterocycles. The van der Waals surface area contributed by atoms with Crippen LogP contribution in [0.25, 0.3) is 0 Å². The molecule has 2 aliphatic rings. The monoisotopic (exact) mass is 413 g/mol. The first-order chi connectivity index (χ1) is 14.2. The summed E-state index contributed by atoms with van der Waals surface area (Å²) in [4.78, 5) is 20.9. The molecule has 0 bridgehead atoms. The van der Waals surface area contributed by atoms with Gasteiger partial charge < -0.3 is 10.0 Å². The minimum atomic E-state index is -0.351. The summed E-state index contributed by atoms with van der Waals surface area (Å²) >= 11 is 1.70. The molecule has 0 radical (unpaired) electrons. The zero-order valence-corrected chi connectivity index (χ0v) is 17.8. The van der Waals surface area contributed by atoms with Gasteiger partial charge in [0.1, 0.15) is 0 Å². The summed E-state index contributed by atoms with van der Waals surface area (Å²) < 4.78 is 0. The van der Waals surface area contributed by atoms with Crippen LogP contribution < -0.4 is 0 Å². The van der Waals surface area contributed by atoms with Gasteiger partial charge in [-0.3, -0.25) is 14.6 Å². The molecule has 6 heteroatoms. The Morgan fingerprint density at radius 3 is 2.62 bits per heavy atom. The standard InChI is InChI=1S/C23H31N3O2S/c27-22-17-24(16-21(22)25-11-4-5-12-25)18-23(28)26(15-20-9-6-14-29-20)13-10-19-7-2-1-3-8-19/h1-3,6-9,14,21-22,27H,4-5,10-13,15-18H2/t21-,22-/m0/s1. The number of nitrogens with zero attached hydrogens (tertiary/aromatic N) is 3. The Morgan fingerprint density at radius 2 is 1.90 bits per heavy atom. The van der Waals surface area contributed by atoms with Crippen molar-refractivity contribution in [2.75, 3.05) is 39.3 Å². The SMILES string of the molecule is O=C(CN1C[C@H](O)[C@@H](N2CCCC2)C1)N(CCc1ccccc1)Cc1cccs1. The van der Waals surface area contributed by atoms with Crippen LogP contribution in [0.1, 0.15) is 23.3 Å². The maximum Gasteiger partial charge on any atom is 0.237 e. The molecule has 2 saturated heterocycles. The first-order valence-electron chi connectivity index (χ1n) is 10.7. The van der Waals surface area contributed by atoms with Crippen LogP contribution in [0.15, 0.2) is 47.8 Å². The predicted molar refractivity (Wildman–Crippen MR) is 117 cm³/mol. The second kappa shape index (κ2) is 9.85. The van der Waals surface area contributed by atoms with Gasteiger partial charge in [-0.1, -0.05) is 36.4 Å². The molecule has 0 unspecified atom stereocenters. The minimum absolute atomic E-state index is 0.156. The van der Waals surface area contributed by atoms with Crippen LogP contribution in [0, 0.1) is 0 Å². The summed E-state index contributed by atoms with van der Waals surface area (Å²) in [6.07, 6.45) is 2.94. The van der Waals surface area contributed by atoms with E-state index in [0.29, 0.717) is 26.2 Å². The third-order valence-corrected chi connectivity index (χ3v) is 6.96. The van der Waals surface area contributed by atoms with Gasteiger partial charge in [0.05, 0.1) is 19.2 Å². The van der Waals surface area contributed by atoms with Gasteiger partial charge >= 0.3 is 0 Å². The zero-order valence-electron chi connectivity index (χ0n) is 16.9. The maximum atomic E-state index is 13.2. The highest BCUT2D eigenvalue weighted by atomic mass is 32.1. The summed E-state index contributed by atoms with van der Waals surface area (Å²) in [5.41, 5.74) is 1.25. The van der Waals surface area contributed by atoms with Crippen LogP contribution in [0.5, 0.6) is 0 Å². The van der Waals surface area contributed by atoms with Crippen molar-refractivity contribution < 1.29 is 9.90 Å². The van der Waals surface area contributed by atoms with Gasteiger partial charge in [0.15, 0.2) is 0 Å². The lowest BCUT2D eigenvalue weighted by molar-refractivity contribution is -0.132. The molecule has 0 aliphatic carbocycles. The van der Waals surface area contributed by atoms with Crippen molar-refractivity contribution >= 4 is 17.2 Å². The third kappa shape index (κ3) is 5.45. The molecule has 1 amide bonds.